The van der Waals surface area contributed by atoms with E-state index in [0.29, 0.717) is 43.9 Å². The highest BCUT2D eigenvalue weighted by Gasteiger charge is 2.28. The molecule has 1 N–H and O–H groups in total. The van der Waals surface area contributed by atoms with Crippen LogP contribution in [0.3, 0.4) is 0 Å². The second kappa shape index (κ2) is 8.49. The number of carbonyl (C=O) groups excluding carboxylic acids is 2. The lowest BCUT2D eigenvalue weighted by atomic mass is 9.96. The molecule has 2 amide bonds. The molecule has 1 aliphatic heterocycles. The van der Waals surface area contributed by atoms with Gasteiger partial charge in [0.05, 0.1) is 0 Å². The fourth-order valence-electron chi connectivity index (χ4n) is 2.92. The number of rotatable bonds is 5. The number of nitrogens with one attached hydrogen (secondary N) is 1. The van der Waals surface area contributed by atoms with Crippen LogP contribution in [0.1, 0.15) is 23.3 Å². The largest absolute Gasteiger partial charge is 0.355 e. The van der Waals surface area contributed by atoms with Crippen molar-refractivity contribution in [2.24, 2.45) is 5.92 Å². The van der Waals surface area contributed by atoms with Crippen molar-refractivity contribution in [3.8, 4) is 10.6 Å². The van der Waals surface area contributed by atoms with Crippen LogP contribution < -0.4 is 5.32 Å². The lowest BCUT2D eigenvalue weighted by Gasteiger charge is -2.30. The monoisotopic (exact) mass is 375 g/mol. The van der Waals surface area contributed by atoms with Gasteiger partial charge in [0.1, 0.15) is 10.7 Å². The van der Waals surface area contributed by atoms with Crippen molar-refractivity contribution in [3.63, 3.8) is 0 Å². The maximum atomic E-state index is 12.7. The minimum atomic E-state index is -0.0485. The number of nitrogens with zero attached hydrogens (tertiary/aromatic N) is 2. The van der Waals surface area contributed by atoms with E-state index in [0.717, 1.165) is 10.6 Å². The first-order valence-electron chi connectivity index (χ1n) is 8.38. The third-order valence-corrected chi connectivity index (χ3v) is 5.42. The van der Waals surface area contributed by atoms with E-state index in [4.69, 9.17) is 0 Å². The van der Waals surface area contributed by atoms with Gasteiger partial charge in [0.2, 0.25) is 5.91 Å². The summed E-state index contributed by atoms with van der Waals surface area (Å²) in [6, 6.07) is 9.85. The Labute approximate surface area is 156 Å². The first-order valence-corrected chi connectivity index (χ1v) is 9.89. The van der Waals surface area contributed by atoms with Crippen molar-refractivity contribution >= 4 is 35.8 Å². The molecule has 0 spiro atoms. The number of hydrogen-bond acceptors (Lipinski definition) is 5. The maximum absolute atomic E-state index is 12.7. The Hall–Kier alpha value is -1.86. The first-order chi connectivity index (χ1) is 12.2. The lowest BCUT2D eigenvalue weighted by Crippen LogP contribution is -2.43. The van der Waals surface area contributed by atoms with Gasteiger partial charge in [-0.15, -0.1) is 11.3 Å². The van der Waals surface area contributed by atoms with Crippen molar-refractivity contribution < 1.29 is 9.59 Å². The summed E-state index contributed by atoms with van der Waals surface area (Å²) in [5, 5.41) is 5.54. The fourth-order valence-corrected chi connectivity index (χ4v) is 3.83. The lowest BCUT2D eigenvalue weighted by molar-refractivity contribution is -0.126. The molecule has 1 aliphatic rings. The summed E-state index contributed by atoms with van der Waals surface area (Å²) in [5.74, 6) is 0.643. The third kappa shape index (κ3) is 4.41. The third-order valence-electron chi connectivity index (χ3n) is 4.31. The van der Waals surface area contributed by atoms with Crippen molar-refractivity contribution in [1.82, 2.24) is 15.2 Å². The van der Waals surface area contributed by atoms with Crippen molar-refractivity contribution in [2.75, 3.05) is 25.4 Å². The number of benzene rings is 1. The van der Waals surface area contributed by atoms with Crippen LogP contribution in [-0.2, 0) is 4.79 Å². The van der Waals surface area contributed by atoms with Crippen LogP contribution >= 0.6 is 24.0 Å². The van der Waals surface area contributed by atoms with Gasteiger partial charge >= 0.3 is 0 Å². The molecular formula is C18H21N3O2S2. The standard InChI is InChI=1S/C18H21N3O2S2/c22-16(19-8-11-24)13-6-9-21(10-7-13)18(23)15-12-25-17(20-15)14-4-2-1-3-5-14/h1-5,12-13,24H,6-11H2,(H,19,22). The average molecular weight is 376 g/mol. The number of thiol groups is 1. The van der Waals surface area contributed by atoms with Gasteiger partial charge in [-0.05, 0) is 12.8 Å². The van der Waals surface area contributed by atoms with E-state index in [2.05, 4.69) is 22.9 Å². The predicted octanol–water partition coefficient (Wildman–Crippen LogP) is 2.71. The van der Waals surface area contributed by atoms with Crippen LogP contribution in [0.2, 0.25) is 0 Å². The molecular weight excluding hydrogens is 354 g/mol. The summed E-state index contributed by atoms with van der Waals surface area (Å²) in [4.78, 5) is 30.9. The van der Waals surface area contributed by atoms with Gasteiger partial charge in [0.15, 0.2) is 0 Å². The molecule has 132 valence electrons. The molecule has 0 radical (unpaired) electrons. The number of aromatic nitrogens is 1. The van der Waals surface area contributed by atoms with Crippen LogP contribution in [0.25, 0.3) is 10.6 Å². The molecule has 1 aromatic carbocycles. The molecule has 7 heteroatoms. The van der Waals surface area contributed by atoms with E-state index in [-0.39, 0.29) is 17.7 Å². The zero-order valence-electron chi connectivity index (χ0n) is 13.9. The molecule has 2 aromatic rings. The van der Waals surface area contributed by atoms with Crippen LogP contribution in [0.5, 0.6) is 0 Å². The van der Waals surface area contributed by atoms with Gasteiger partial charge in [-0.1, -0.05) is 30.3 Å². The molecule has 0 bridgehead atoms. The molecule has 1 saturated heterocycles. The average Bonchev–Trinajstić information content (AvgIpc) is 3.16. The predicted molar refractivity (Wildman–Crippen MR) is 103 cm³/mol. The second-order valence-electron chi connectivity index (χ2n) is 5.99. The highest BCUT2D eigenvalue weighted by Crippen LogP contribution is 2.25. The summed E-state index contributed by atoms with van der Waals surface area (Å²) in [5.41, 5.74) is 1.51. The summed E-state index contributed by atoms with van der Waals surface area (Å²) in [6.07, 6.45) is 1.39. The highest BCUT2D eigenvalue weighted by molar-refractivity contribution is 7.80. The van der Waals surface area contributed by atoms with Gasteiger partial charge in [-0.2, -0.15) is 12.6 Å². The molecule has 1 aromatic heterocycles. The number of likely N-dealkylation sites (tertiary alicyclic amines) is 1. The summed E-state index contributed by atoms with van der Waals surface area (Å²) in [7, 11) is 0. The Morgan fingerprint density at radius 3 is 2.64 bits per heavy atom. The van der Waals surface area contributed by atoms with E-state index in [1.165, 1.54) is 11.3 Å². The SMILES string of the molecule is O=C(NCCS)C1CCN(C(=O)c2csc(-c3ccccc3)n2)CC1. The smallest absolute Gasteiger partial charge is 0.273 e. The Bertz CT molecular complexity index is 725. The van der Waals surface area contributed by atoms with E-state index in [9.17, 15) is 9.59 Å². The maximum Gasteiger partial charge on any atom is 0.273 e. The second-order valence-corrected chi connectivity index (χ2v) is 7.29. The number of piperidine rings is 1. The van der Waals surface area contributed by atoms with Gasteiger partial charge in [-0.25, -0.2) is 4.98 Å². The van der Waals surface area contributed by atoms with Gasteiger partial charge in [0, 0.05) is 42.2 Å². The van der Waals surface area contributed by atoms with E-state index in [1.807, 2.05) is 35.7 Å². The fraction of sp³-hybridized carbons (Fsp3) is 0.389. The van der Waals surface area contributed by atoms with Crippen LogP contribution in [0.4, 0.5) is 0 Å². The number of hydrogen-bond donors (Lipinski definition) is 2. The number of thiazole rings is 1. The highest BCUT2D eigenvalue weighted by atomic mass is 32.1. The van der Waals surface area contributed by atoms with E-state index < -0.39 is 0 Å². The first kappa shape index (κ1) is 17.9. The van der Waals surface area contributed by atoms with Gasteiger partial charge in [-0.3, -0.25) is 9.59 Å². The molecule has 1 fully saturated rings. The Morgan fingerprint density at radius 2 is 1.96 bits per heavy atom. The summed E-state index contributed by atoms with van der Waals surface area (Å²) in [6.45, 7) is 1.77. The van der Waals surface area contributed by atoms with Gasteiger partial charge in [0.25, 0.3) is 5.91 Å². The Balaban J connectivity index is 1.58. The summed E-state index contributed by atoms with van der Waals surface area (Å²) >= 11 is 5.57. The Kier molecular flexibility index (Phi) is 6.09. The van der Waals surface area contributed by atoms with Crippen LogP contribution in [0.15, 0.2) is 35.7 Å². The van der Waals surface area contributed by atoms with Crippen LogP contribution in [-0.4, -0.2) is 47.1 Å². The van der Waals surface area contributed by atoms with Gasteiger partial charge < -0.3 is 10.2 Å². The molecule has 0 aliphatic carbocycles. The molecule has 3 rings (SSSR count). The molecule has 2 heterocycles. The normalized spacial score (nSPS) is 15.2. The van der Waals surface area contributed by atoms with E-state index in [1.54, 1.807) is 4.90 Å². The minimum absolute atomic E-state index is 0.0146. The van der Waals surface area contributed by atoms with Crippen LogP contribution in [0, 0.1) is 5.92 Å². The zero-order valence-corrected chi connectivity index (χ0v) is 15.6. The quantitative estimate of drug-likeness (QED) is 0.790. The molecule has 5 nitrogen and oxygen atoms in total. The molecule has 0 unspecified atom stereocenters. The topological polar surface area (TPSA) is 62.3 Å². The molecule has 0 saturated carbocycles. The number of carbonyl (C=O) groups is 2. The van der Waals surface area contributed by atoms with Crippen molar-refractivity contribution in [1.29, 1.82) is 0 Å². The summed E-state index contributed by atoms with van der Waals surface area (Å²) < 4.78 is 0. The Morgan fingerprint density at radius 1 is 1.24 bits per heavy atom. The van der Waals surface area contributed by atoms with Crippen molar-refractivity contribution in [2.45, 2.75) is 12.8 Å². The minimum Gasteiger partial charge on any atom is -0.355 e. The van der Waals surface area contributed by atoms with E-state index >= 15 is 0 Å². The molecule has 0 atom stereocenters. The zero-order chi connectivity index (χ0) is 17.6. The number of amides is 2. The van der Waals surface area contributed by atoms with Crippen molar-refractivity contribution in [3.05, 3.63) is 41.4 Å². The molecule has 25 heavy (non-hydrogen) atoms.